The molecular weight excluding hydrogens is 308 g/mol. The van der Waals surface area contributed by atoms with Crippen LogP contribution in [-0.4, -0.2) is 28.9 Å². The summed E-state index contributed by atoms with van der Waals surface area (Å²) < 4.78 is 2.97. The summed E-state index contributed by atoms with van der Waals surface area (Å²) in [5, 5.41) is 22.2. The molecule has 2 aromatic heterocycles. The van der Waals surface area contributed by atoms with Crippen LogP contribution in [0.25, 0.3) is 0 Å². The maximum atomic E-state index is 10.8. The van der Waals surface area contributed by atoms with Gasteiger partial charge in [-0.3, -0.25) is 0 Å². The molecule has 0 saturated heterocycles. The zero-order valence-corrected chi connectivity index (χ0v) is 11.9. The quantitative estimate of drug-likeness (QED) is 0.464. The molecule has 0 saturated carbocycles. The third-order valence-electron chi connectivity index (χ3n) is 2.28. The molecule has 12 heteroatoms. The van der Waals surface area contributed by atoms with Gasteiger partial charge in [0.1, 0.15) is 0 Å². The molecule has 2 heterocycles. The Bertz CT molecular complexity index is 622. The number of imidazole rings is 2. The lowest BCUT2D eigenvalue weighted by atomic mass is 10.8. The standard InChI is InChI=1S/C8H8N6O4S2/c1-11-3-9-5(13(15)16)7(11)19-20-8-6(14(17)18)10-4-12(8)2/h3-4H,1-2H3. The Balaban J connectivity index is 2.26. The Morgan fingerprint density at radius 2 is 1.30 bits per heavy atom. The van der Waals surface area contributed by atoms with E-state index in [1.807, 2.05) is 0 Å². The number of aromatic nitrogens is 4. The Labute approximate surface area is 119 Å². The lowest BCUT2D eigenvalue weighted by molar-refractivity contribution is -0.392. The first-order chi connectivity index (χ1) is 9.41. The lowest BCUT2D eigenvalue weighted by Gasteiger charge is -2.01. The zero-order chi connectivity index (χ0) is 14.9. The Morgan fingerprint density at radius 1 is 0.950 bits per heavy atom. The maximum Gasteiger partial charge on any atom is 0.396 e. The maximum absolute atomic E-state index is 10.8. The first-order valence-electron chi connectivity index (χ1n) is 5.07. The summed E-state index contributed by atoms with van der Waals surface area (Å²) in [5.41, 5.74) is 0. The van der Waals surface area contributed by atoms with Crippen LogP contribution in [0.15, 0.2) is 22.7 Å². The molecule has 0 N–H and O–H groups in total. The van der Waals surface area contributed by atoms with Gasteiger partial charge in [-0.25, -0.2) is 0 Å². The Morgan fingerprint density at radius 3 is 1.60 bits per heavy atom. The Hall–Kier alpha value is -2.08. The van der Waals surface area contributed by atoms with Crippen molar-refractivity contribution in [2.75, 3.05) is 0 Å². The molecule has 20 heavy (non-hydrogen) atoms. The molecule has 0 unspecified atom stereocenters. The normalized spacial score (nSPS) is 10.7. The van der Waals surface area contributed by atoms with Crippen molar-refractivity contribution < 1.29 is 9.85 Å². The summed E-state index contributed by atoms with van der Waals surface area (Å²) in [4.78, 5) is 27.8. The van der Waals surface area contributed by atoms with E-state index in [1.54, 1.807) is 14.1 Å². The molecule has 0 aliphatic carbocycles. The van der Waals surface area contributed by atoms with E-state index in [9.17, 15) is 20.2 Å². The molecule has 0 fully saturated rings. The minimum atomic E-state index is -0.597. The van der Waals surface area contributed by atoms with Crippen molar-refractivity contribution in [2.24, 2.45) is 14.1 Å². The van der Waals surface area contributed by atoms with Gasteiger partial charge in [0, 0.05) is 14.1 Å². The van der Waals surface area contributed by atoms with Crippen LogP contribution in [0, 0.1) is 20.2 Å². The molecule has 106 valence electrons. The third kappa shape index (κ3) is 2.60. The van der Waals surface area contributed by atoms with Gasteiger partial charge in [0.05, 0.1) is 0 Å². The molecule has 0 amide bonds. The van der Waals surface area contributed by atoms with Gasteiger partial charge < -0.3 is 29.4 Å². The predicted molar refractivity (Wildman–Crippen MR) is 71.4 cm³/mol. The first-order valence-corrected chi connectivity index (χ1v) is 7.22. The van der Waals surface area contributed by atoms with Crippen LogP contribution in [0.2, 0.25) is 0 Å². The van der Waals surface area contributed by atoms with Crippen LogP contribution in [0.1, 0.15) is 0 Å². The van der Waals surface area contributed by atoms with Crippen molar-refractivity contribution in [3.63, 3.8) is 0 Å². The van der Waals surface area contributed by atoms with Gasteiger partial charge in [-0.1, -0.05) is 0 Å². The fourth-order valence-corrected chi connectivity index (χ4v) is 3.85. The van der Waals surface area contributed by atoms with E-state index in [1.165, 1.54) is 21.8 Å². The minimum absolute atomic E-state index is 0.283. The number of rotatable bonds is 5. The van der Waals surface area contributed by atoms with Crippen LogP contribution in [-0.2, 0) is 14.1 Å². The summed E-state index contributed by atoms with van der Waals surface area (Å²) in [7, 11) is 5.27. The second kappa shape index (κ2) is 5.50. The molecule has 0 aromatic carbocycles. The highest BCUT2D eigenvalue weighted by Gasteiger charge is 2.25. The smallest absolute Gasteiger partial charge is 0.358 e. The summed E-state index contributed by atoms with van der Waals surface area (Å²) in [5.74, 6) is -0.565. The molecule has 2 rings (SSSR count). The monoisotopic (exact) mass is 316 g/mol. The summed E-state index contributed by atoms with van der Waals surface area (Å²) in [6.45, 7) is 0. The lowest BCUT2D eigenvalue weighted by Crippen LogP contribution is -1.94. The van der Waals surface area contributed by atoms with E-state index >= 15 is 0 Å². The molecule has 0 bridgehead atoms. The molecule has 0 radical (unpaired) electrons. The molecule has 0 aliphatic rings. The molecule has 0 spiro atoms. The van der Waals surface area contributed by atoms with Crippen molar-refractivity contribution in [3.05, 3.63) is 32.9 Å². The predicted octanol–water partition coefficient (Wildman–Crippen LogP) is 1.77. The van der Waals surface area contributed by atoms with Gasteiger partial charge in [0.25, 0.3) is 0 Å². The van der Waals surface area contributed by atoms with Crippen LogP contribution < -0.4 is 0 Å². The van der Waals surface area contributed by atoms with Gasteiger partial charge in [-0.15, -0.1) is 0 Å². The summed E-state index contributed by atoms with van der Waals surface area (Å²) in [6.07, 6.45) is 2.64. The van der Waals surface area contributed by atoms with E-state index in [-0.39, 0.29) is 11.6 Å². The van der Waals surface area contributed by atoms with Crippen molar-refractivity contribution in [3.8, 4) is 0 Å². The highest BCUT2D eigenvalue weighted by molar-refractivity contribution is 8.76. The van der Waals surface area contributed by atoms with E-state index in [0.29, 0.717) is 10.1 Å². The van der Waals surface area contributed by atoms with E-state index in [4.69, 9.17) is 0 Å². The molecule has 2 aromatic rings. The van der Waals surface area contributed by atoms with Gasteiger partial charge in [0.15, 0.2) is 10.1 Å². The summed E-state index contributed by atoms with van der Waals surface area (Å²) >= 11 is 0. The largest absolute Gasteiger partial charge is 0.396 e. The minimum Gasteiger partial charge on any atom is -0.358 e. The number of nitrogens with zero attached hydrogens (tertiary/aromatic N) is 6. The van der Waals surface area contributed by atoms with Crippen LogP contribution in [0.5, 0.6) is 0 Å². The third-order valence-corrected chi connectivity index (χ3v) is 4.81. The second-order valence-electron chi connectivity index (χ2n) is 3.65. The fraction of sp³-hybridized carbons (Fsp3) is 0.250. The number of nitro groups is 2. The highest BCUT2D eigenvalue weighted by atomic mass is 33.1. The number of hydrogen-bond acceptors (Lipinski definition) is 8. The van der Waals surface area contributed by atoms with Crippen LogP contribution in [0.3, 0.4) is 0 Å². The van der Waals surface area contributed by atoms with Gasteiger partial charge in [0.2, 0.25) is 12.7 Å². The average molecular weight is 316 g/mol. The van der Waals surface area contributed by atoms with Gasteiger partial charge >= 0.3 is 11.6 Å². The van der Waals surface area contributed by atoms with Crippen molar-refractivity contribution >= 4 is 33.2 Å². The molecule has 10 nitrogen and oxygen atoms in total. The van der Waals surface area contributed by atoms with Gasteiger partial charge in [-0.2, -0.15) is 0 Å². The molecule has 0 aliphatic heterocycles. The van der Waals surface area contributed by atoms with Crippen molar-refractivity contribution in [2.45, 2.75) is 10.1 Å². The van der Waals surface area contributed by atoms with Crippen molar-refractivity contribution in [1.82, 2.24) is 19.1 Å². The number of aryl methyl sites for hydroxylation is 2. The zero-order valence-electron chi connectivity index (χ0n) is 10.3. The average Bonchev–Trinajstić information content (AvgIpc) is 2.90. The molecular formula is C8H8N6O4S2. The van der Waals surface area contributed by atoms with Crippen molar-refractivity contribution in [1.29, 1.82) is 0 Å². The fourth-order valence-electron chi connectivity index (χ4n) is 1.33. The number of hydrogen-bond donors (Lipinski definition) is 0. The topological polar surface area (TPSA) is 122 Å². The van der Waals surface area contributed by atoms with Gasteiger partial charge in [-0.05, 0) is 41.4 Å². The van der Waals surface area contributed by atoms with Crippen LogP contribution >= 0.6 is 21.6 Å². The Kier molecular flexibility index (Phi) is 3.94. The first kappa shape index (κ1) is 14.3. The highest BCUT2D eigenvalue weighted by Crippen LogP contribution is 2.43. The summed E-state index contributed by atoms with van der Waals surface area (Å²) in [6, 6.07) is 0. The second-order valence-corrected chi connectivity index (χ2v) is 5.76. The van der Waals surface area contributed by atoms with E-state index in [2.05, 4.69) is 9.97 Å². The van der Waals surface area contributed by atoms with E-state index in [0.717, 1.165) is 21.6 Å². The SMILES string of the molecule is Cn1cnc([N+](=O)[O-])c1SSc1c([N+](=O)[O-])ncn1C. The van der Waals surface area contributed by atoms with Crippen LogP contribution in [0.4, 0.5) is 11.6 Å². The van der Waals surface area contributed by atoms with E-state index < -0.39 is 9.85 Å². The molecule has 0 atom stereocenters.